The van der Waals surface area contributed by atoms with Gasteiger partial charge in [-0.15, -0.1) is 0 Å². The minimum atomic E-state index is -2.25. The summed E-state index contributed by atoms with van der Waals surface area (Å²) < 4.78 is 35.6. The molecular weight excluding hydrogens is 154 g/mol. The van der Waals surface area contributed by atoms with Crippen LogP contribution in [0.1, 0.15) is 19.3 Å². The lowest BCUT2D eigenvalue weighted by molar-refractivity contribution is -0.292. The molecule has 0 aromatic rings. The molecule has 1 fully saturated rings. The average Bonchev–Trinajstić information content (AvgIpc) is 2.31. The van der Waals surface area contributed by atoms with Gasteiger partial charge in [0.25, 0.3) is 11.7 Å². The maximum atomic E-state index is 13.4. The van der Waals surface area contributed by atoms with Crippen LogP contribution in [-0.4, -0.2) is 25.9 Å². The van der Waals surface area contributed by atoms with Crippen LogP contribution in [0.5, 0.6) is 0 Å². The number of alkyl halides is 2. The van der Waals surface area contributed by atoms with Gasteiger partial charge in [-0.25, -0.2) is 8.78 Å². The number of hydrogen-bond acceptors (Lipinski definition) is 2. The van der Waals surface area contributed by atoms with E-state index in [0.717, 1.165) is 14.2 Å². The van der Waals surface area contributed by atoms with E-state index in [9.17, 15) is 8.78 Å². The van der Waals surface area contributed by atoms with E-state index < -0.39 is 11.7 Å². The van der Waals surface area contributed by atoms with Crippen molar-refractivity contribution >= 4 is 0 Å². The molecule has 1 rings (SSSR count). The van der Waals surface area contributed by atoms with Gasteiger partial charge in [0, 0.05) is 27.1 Å². The highest BCUT2D eigenvalue weighted by Gasteiger charge is 2.58. The van der Waals surface area contributed by atoms with Crippen LogP contribution >= 0.6 is 0 Å². The highest BCUT2D eigenvalue weighted by molar-refractivity contribution is 4.92. The monoisotopic (exact) mass is 166 g/mol. The lowest BCUT2D eigenvalue weighted by atomic mass is 10.2. The molecule has 2 atom stereocenters. The fraction of sp³-hybridized carbons (Fsp3) is 1.00. The van der Waals surface area contributed by atoms with Crippen molar-refractivity contribution in [2.45, 2.75) is 31.0 Å². The lowest BCUT2D eigenvalue weighted by Gasteiger charge is -2.30. The summed E-state index contributed by atoms with van der Waals surface area (Å²) in [4.78, 5) is 0. The van der Waals surface area contributed by atoms with Crippen molar-refractivity contribution in [3.63, 3.8) is 0 Å². The molecule has 11 heavy (non-hydrogen) atoms. The molecule has 4 heteroatoms. The van der Waals surface area contributed by atoms with E-state index in [4.69, 9.17) is 0 Å². The first-order valence-electron chi connectivity index (χ1n) is 3.56. The Morgan fingerprint density at radius 1 is 1.00 bits per heavy atom. The summed E-state index contributed by atoms with van der Waals surface area (Å²) in [5.74, 6) is -4.50. The van der Waals surface area contributed by atoms with E-state index in [-0.39, 0.29) is 12.8 Å². The van der Waals surface area contributed by atoms with Gasteiger partial charge in [-0.05, 0) is 6.42 Å². The van der Waals surface area contributed by atoms with Crippen LogP contribution in [0.2, 0.25) is 0 Å². The van der Waals surface area contributed by atoms with Crippen molar-refractivity contribution in [3.8, 4) is 0 Å². The van der Waals surface area contributed by atoms with E-state index in [1.165, 1.54) is 0 Å². The number of rotatable bonds is 2. The maximum absolute atomic E-state index is 13.4. The number of hydrogen-bond donors (Lipinski definition) is 0. The van der Waals surface area contributed by atoms with Gasteiger partial charge < -0.3 is 9.47 Å². The standard InChI is InChI=1S/C7H12F2O2/c1-10-6(8)4-3-5-7(6,9)11-2/h3-5H2,1-2H3. The molecule has 0 N–H and O–H groups in total. The van der Waals surface area contributed by atoms with Crippen LogP contribution in [0.3, 0.4) is 0 Å². The molecule has 2 nitrogen and oxygen atoms in total. The Bertz CT molecular complexity index is 137. The van der Waals surface area contributed by atoms with Crippen LogP contribution in [0.4, 0.5) is 8.78 Å². The van der Waals surface area contributed by atoms with Gasteiger partial charge in [-0.2, -0.15) is 0 Å². The Balaban J connectivity index is 2.79. The summed E-state index contributed by atoms with van der Waals surface area (Å²) >= 11 is 0. The van der Waals surface area contributed by atoms with Gasteiger partial charge >= 0.3 is 0 Å². The fourth-order valence-corrected chi connectivity index (χ4v) is 1.43. The molecule has 0 aromatic heterocycles. The van der Waals surface area contributed by atoms with E-state index in [2.05, 4.69) is 9.47 Å². The van der Waals surface area contributed by atoms with Gasteiger partial charge in [0.2, 0.25) is 0 Å². The molecule has 1 aliphatic rings. The van der Waals surface area contributed by atoms with E-state index in [1.807, 2.05) is 0 Å². The number of halogens is 2. The van der Waals surface area contributed by atoms with Crippen molar-refractivity contribution < 1.29 is 18.3 Å². The van der Waals surface area contributed by atoms with E-state index >= 15 is 0 Å². The number of ether oxygens (including phenoxy) is 2. The minimum absolute atomic E-state index is 0.0633. The number of methoxy groups -OCH3 is 2. The summed E-state index contributed by atoms with van der Waals surface area (Å²) in [6, 6.07) is 0. The molecule has 66 valence electrons. The predicted octanol–water partition coefficient (Wildman–Crippen LogP) is 1.79. The summed E-state index contributed by atoms with van der Waals surface area (Å²) in [7, 11) is 2.30. The normalized spacial score (nSPS) is 44.7. The third-order valence-corrected chi connectivity index (χ3v) is 2.20. The van der Waals surface area contributed by atoms with Crippen molar-refractivity contribution in [2.24, 2.45) is 0 Å². The van der Waals surface area contributed by atoms with Gasteiger partial charge in [-0.1, -0.05) is 0 Å². The summed E-state index contributed by atoms with van der Waals surface area (Å²) in [5, 5.41) is 0. The molecule has 0 saturated heterocycles. The Hall–Kier alpha value is -0.220. The molecule has 0 bridgehead atoms. The second-order valence-corrected chi connectivity index (χ2v) is 2.72. The van der Waals surface area contributed by atoms with Crippen molar-refractivity contribution in [1.29, 1.82) is 0 Å². The Morgan fingerprint density at radius 2 is 1.36 bits per heavy atom. The molecule has 2 unspecified atom stereocenters. The first-order valence-corrected chi connectivity index (χ1v) is 3.56. The molecule has 0 aliphatic heterocycles. The Kier molecular flexibility index (Phi) is 2.16. The van der Waals surface area contributed by atoms with Crippen LogP contribution in [-0.2, 0) is 9.47 Å². The third-order valence-electron chi connectivity index (χ3n) is 2.20. The summed E-state index contributed by atoms with van der Waals surface area (Å²) in [5.41, 5.74) is 0. The second-order valence-electron chi connectivity index (χ2n) is 2.72. The SMILES string of the molecule is COC1(F)CCCC1(F)OC. The van der Waals surface area contributed by atoms with Crippen LogP contribution in [0, 0.1) is 0 Å². The molecule has 0 amide bonds. The van der Waals surface area contributed by atoms with Crippen LogP contribution in [0.25, 0.3) is 0 Å². The second kappa shape index (κ2) is 2.68. The highest BCUT2D eigenvalue weighted by Crippen LogP contribution is 2.46. The van der Waals surface area contributed by atoms with Gasteiger partial charge in [0.05, 0.1) is 0 Å². The van der Waals surface area contributed by atoms with Crippen LogP contribution in [0.15, 0.2) is 0 Å². The predicted molar refractivity (Wildman–Crippen MR) is 35.5 cm³/mol. The van der Waals surface area contributed by atoms with E-state index in [0.29, 0.717) is 6.42 Å². The molecular formula is C7H12F2O2. The van der Waals surface area contributed by atoms with Gasteiger partial charge in [0.1, 0.15) is 0 Å². The Labute approximate surface area is 64.5 Å². The van der Waals surface area contributed by atoms with Crippen molar-refractivity contribution in [1.82, 2.24) is 0 Å². The minimum Gasteiger partial charge on any atom is -0.345 e. The zero-order valence-corrected chi connectivity index (χ0v) is 6.69. The zero-order valence-electron chi connectivity index (χ0n) is 6.69. The van der Waals surface area contributed by atoms with Crippen LogP contribution < -0.4 is 0 Å². The van der Waals surface area contributed by atoms with Gasteiger partial charge in [-0.3, -0.25) is 0 Å². The van der Waals surface area contributed by atoms with E-state index in [1.54, 1.807) is 0 Å². The quantitative estimate of drug-likeness (QED) is 0.622. The molecule has 0 heterocycles. The fourth-order valence-electron chi connectivity index (χ4n) is 1.43. The summed E-state index contributed by atoms with van der Waals surface area (Å²) in [6.45, 7) is 0. The zero-order chi connectivity index (χ0) is 8.54. The topological polar surface area (TPSA) is 18.5 Å². The maximum Gasteiger partial charge on any atom is 0.268 e. The first kappa shape index (κ1) is 8.87. The summed E-state index contributed by atoms with van der Waals surface area (Å²) in [6.07, 6.45) is 0.580. The average molecular weight is 166 g/mol. The van der Waals surface area contributed by atoms with Crippen molar-refractivity contribution in [2.75, 3.05) is 14.2 Å². The Morgan fingerprint density at radius 3 is 1.64 bits per heavy atom. The smallest absolute Gasteiger partial charge is 0.268 e. The molecule has 1 aliphatic carbocycles. The molecule has 1 saturated carbocycles. The highest BCUT2D eigenvalue weighted by atomic mass is 19.2. The molecule has 0 spiro atoms. The molecule has 0 radical (unpaired) electrons. The van der Waals surface area contributed by atoms with Crippen molar-refractivity contribution in [3.05, 3.63) is 0 Å². The first-order chi connectivity index (χ1) is 5.08. The molecule has 0 aromatic carbocycles. The largest absolute Gasteiger partial charge is 0.345 e. The third kappa shape index (κ3) is 1.14. The van der Waals surface area contributed by atoms with Gasteiger partial charge in [0.15, 0.2) is 0 Å². The lowest BCUT2D eigenvalue weighted by Crippen LogP contribution is -2.45.